The Hall–Kier alpha value is -3.15. The average molecular weight is 355 g/mol. The number of carbonyl (C=O) groups excluding carboxylic acids is 3. The number of hydrogen-bond donors (Lipinski definition) is 1. The van der Waals surface area contributed by atoms with Gasteiger partial charge >= 0.3 is 5.97 Å². The standard InChI is InChI=1S/C20H21NO5/c1-12-4-5-16(10-13(12)2)19(23)14(3)26-20(24)15-6-8-17(9-7-15)25-11-18(21)22/h4-10,14H,11H2,1-3H3,(H2,21,22)/t14-/m1/s1. The lowest BCUT2D eigenvalue weighted by molar-refractivity contribution is -0.119. The van der Waals surface area contributed by atoms with Crippen LogP contribution in [0.25, 0.3) is 0 Å². The van der Waals surface area contributed by atoms with Gasteiger partial charge in [-0.3, -0.25) is 9.59 Å². The van der Waals surface area contributed by atoms with Crippen molar-refractivity contribution in [1.82, 2.24) is 0 Å². The summed E-state index contributed by atoms with van der Waals surface area (Å²) >= 11 is 0. The first kappa shape index (κ1) is 19.2. The number of esters is 1. The Morgan fingerprint density at radius 3 is 2.15 bits per heavy atom. The molecule has 0 saturated heterocycles. The predicted octanol–water partition coefficient (Wildman–Crippen LogP) is 2.60. The van der Waals surface area contributed by atoms with E-state index in [2.05, 4.69) is 0 Å². The quantitative estimate of drug-likeness (QED) is 0.608. The van der Waals surface area contributed by atoms with E-state index in [1.165, 1.54) is 24.3 Å². The minimum atomic E-state index is -0.907. The minimum absolute atomic E-state index is 0.245. The van der Waals surface area contributed by atoms with Gasteiger partial charge in [0.25, 0.3) is 5.91 Å². The van der Waals surface area contributed by atoms with Crippen LogP contribution in [-0.2, 0) is 9.53 Å². The average Bonchev–Trinajstić information content (AvgIpc) is 2.62. The van der Waals surface area contributed by atoms with E-state index < -0.39 is 18.0 Å². The van der Waals surface area contributed by atoms with Crippen LogP contribution in [0.3, 0.4) is 0 Å². The van der Waals surface area contributed by atoms with Gasteiger partial charge in [0, 0.05) is 5.56 Å². The molecule has 6 nitrogen and oxygen atoms in total. The fourth-order valence-electron chi connectivity index (χ4n) is 2.25. The Morgan fingerprint density at radius 1 is 0.962 bits per heavy atom. The summed E-state index contributed by atoms with van der Waals surface area (Å²) in [4.78, 5) is 35.3. The van der Waals surface area contributed by atoms with Gasteiger partial charge in [-0.2, -0.15) is 0 Å². The number of rotatable bonds is 7. The number of hydrogen-bond acceptors (Lipinski definition) is 5. The number of nitrogens with two attached hydrogens (primary N) is 1. The molecule has 0 unspecified atom stereocenters. The zero-order valence-electron chi connectivity index (χ0n) is 14.9. The van der Waals surface area contributed by atoms with Crippen LogP contribution in [0.1, 0.15) is 38.8 Å². The summed E-state index contributed by atoms with van der Waals surface area (Å²) in [6.07, 6.45) is -0.907. The maximum atomic E-state index is 12.4. The number of ketones is 1. The molecule has 6 heteroatoms. The van der Waals surface area contributed by atoms with Gasteiger partial charge in [-0.05, 0) is 62.2 Å². The highest BCUT2D eigenvalue weighted by atomic mass is 16.5. The number of benzene rings is 2. The monoisotopic (exact) mass is 355 g/mol. The zero-order valence-corrected chi connectivity index (χ0v) is 14.9. The van der Waals surface area contributed by atoms with E-state index in [1.807, 2.05) is 19.9 Å². The highest BCUT2D eigenvalue weighted by Gasteiger charge is 2.20. The van der Waals surface area contributed by atoms with Crippen LogP contribution in [0, 0.1) is 13.8 Å². The first-order valence-corrected chi connectivity index (χ1v) is 8.11. The van der Waals surface area contributed by atoms with E-state index in [4.69, 9.17) is 15.2 Å². The number of ether oxygens (including phenoxy) is 2. The summed E-state index contributed by atoms with van der Waals surface area (Å²) in [6, 6.07) is 11.4. The third-order valence-electron chi connectivity index (χ3n) is 3.92. The van der Waals surface area contributed by atoms with Gasteiger partial charge in [0.2, 0.25) is 5.78 Å². The molecule has 0 bridgehead atoms. The van der Waals surface area contributed by atoms with Crippen molar-refractivity contribution < 1.29 is 23.9 Å². The summed E-state index contributed by atoms with van der Waals surface area (Å²) in [6.45, 7) is 5.18. The molecule has 2 aromatic rings. The summed E-state index contributed by atoms with van der Waals surface area (Å²) < 4.78 is 10.4. The largest absolute Gasteiger partial charge is 0.484 e. The minimum Gasteiger partial charge on any atom is -0.484 e. The molecule has 0 aromatic heterocycles. The second-order valence-corrected chi connectivity index (χ2v) is 5.99. The van der Waals surface area contributed by atoms with Crippen molar-refractivity contribution in [3.63, 3.8) is 0 Å². The Kier molecular flexibility index (Phi) is 6.11. The highest BCUT2D eigenvalue weighted by Crippen LogP contribution is 2.16. The smallest absolute Gasteiger partial charge is 0.338 e. The molecule has 1 atom stereocenters. The molecule has 1 amide bonds. The van der Waals surface area contributed by atoms with E-state index >= 15 is 0 Å². The van der Waals surface area contributed by atoms with Crippen molar-refractivity contribution in [3.05, 3.63) is 64.7 Å². The number of primary amides is 1. The number of amides is 1. The van der Waals surface area contributed by atoms with Crippen LogP contribution in [0.15, 0.2) is 42.5 Å². The summed E-state index contributed by atoms with van der Waals surface area (Å²) in [5.41, 5.74) is 7.86. The van der Waals surface area contributed by atoms with Gasteiger partial charge < -0.3 is 15.2 Å². The molecule has 136 valence electrons. The zero-order chi connectivity index (χ0) is 19.3. The number of carbonyl (C=O) groups is 3. The van der Waals surface area contributed by atoms with Gasteiger partial charge in [0.15, 0.2) is 12.7 Å². The van der Waals surface area contributed by atoms with Gasteiger partial charge in [-0.15, -0.1) is 0 Å². The van der Waals surface area contributed by atoms with Crippen molar-refractivity contribution in [2.75, 3.05) is 6.61 Å². The second-order valence-electron chi connectivity index (χ2n) is 5.99. The third kappa shape index (κ3) is 4.92. The topological polar surface area (TPSA) is 95.7 Å². The van der Waals surface area contributed by atoms with Gasteiger partial charge in [0.05, 0.1) is 5.56 Å². The van der Waals surface area contributed by atoms with Crippen molar-refractivity contribution >= 4 is 17.7 Å². The van der Waals surface area contributed by atoms with Crippen molar-refractivity contribution in [3.8, 4) is 5.75 Å². The highest BCUT2D eigenvalue weighted by molar-refractivity contribution is 6.01. The molecule has 0 radical (unpaired) electrons. The first-order chi connectivity index (χ1) is 12.3. The molecule has 2 N–H and O–H groups in total. The van der Waals surface area contributed by atoms with Crippen molar-refractivity contribution in [2.24, 2.45) is 5.73 Å². The van der Waals surface area contributed by atoms with Crippen molar-refractivity contribution in [2.45, 2.75) is 26.9 Å². The van der Waals surface area contributed by atoms with Crippen LogP contribution in [0.2, 0.25) is 0 Å². The fourth-order valence-corrected chi connectivity index (χ4v) is 2.25. The lowest BCUT2D eigenvalue weighted by Crippen LogP contribution is -2.24. The van der Waals surface area contributed by atoms with Gasteiger partial charge in [-0.1, -0.05) is 12.1 Å². The van der Waals surface area contributed by atoms with E-state index in [0.717, 1.165) is 11.1 Å². The fraction of sp³-hybridized carbons (Fsp3) is 0.250. The Morgan fingerprint density at radius 2 is 1.58 bits per heavy atom. The lowest BCUT2D eigenvalue weighted by Gasteiger charge is -2.13. The van der Waals surface area contributed by atoms with Crippen LogP contribution >= 0.6 is 0 Å². The molecule has 0 fully saturated rings. The van der Waals surface area contributed by atoms with Crippen LogP contribution in [0.4, 0.5) is 0 Å². The Labute approximate surface area is 151 Å². The van der Waals surface area contributed by atoms with Crippen LogP contribution in [0.5, 0.6) is 5.75 Å². The van der Waals surface area contributed by atoms with Gasteiger partial charge in [0.1, 0.15) is 5.75 Å². The van der Waals surface area contributed by atoms with Crippen molar-refractivity contribution in [1.29, 1.82) is 0 Å². The molecule has 0 spiro atoms. The third-order valence-corrected chi connectivity index (χ3v) is 3.92. The first-order valence-electron chi connectivity index (χ1n) is 8.11. The van der Waals surface area contributed by atoms with E-state index in [-0.39, 0.29) is 18.0 Å². The molecule has 2 aromatic carbocycles. The Bertz CT molecular complexity index is 827. The van der Waals surface area contributed by atoms with E-state index in [0.29, 0.717) is 11.3 Å². The summed E-state index contributed by atoms with van der Waals surface area (Å²) in [5, 5.41) is 0. The molecular weight excluding hydrogens is 334 g/mol. The van der Waals surface area contributed by atoms with Gasteiger partial charge in [-0.25, -0.2) is 4.79 Å². The summed E-state index contributed by atoms with van der Waals surface area (Å²) in [7, 11) is 0. The predicted molar refractivity (Wildman–Crippen MR) is 96.3 cm³/mol. The Balaban J connectivity index is 2.00. The van der Waals surface area contributed by atoms with Crippen LogP contribution in [-0.4, -0.2) is 30.4 Å². The van der Waals surface area contributed by atoms with Crippen LogP contribution < -0.4 is 10.5 Å². The molecule has 2 rings (SSSR count). The normalized spacial score (nSPS) is 11.5. The summed E-state index contributed by atoms with van der Waals surface area (Å²) in [5.74, 6) is -1.06. The SMILES string of the molecule is Cc1ccc(C(=O)[C@@H](C)OC(=O)c2ccc(OCC(N)=O)cc2)cc1C. The molecule has 0 aliphatic heterocycles. The maximum Gasteiger partial charge on any atom is 0.338 e. The number of aryl methyl sites for hydroxylation is 2. The molecule has 0 heterocycles. The maximum absolute atomic E-state index is 12.4. The second kappa shape index (κ2) is 8.29. The molecule has 0 aliphatic rings. The number of Topliss-reactive ketones (excluding diaryl/α,β-unsaturated/α-hetero) is 1. The molecule has 26 heavy (non-hydrogen) atoms. The molecule has 0 aliphatic carbocycles. The molecule has 0 saturated carbocycles. The van der Waals surface area contributed by atoms with E-state index in [1.54, 1.807) is 19.1 Å². The van der Waals surface area contributed by atoms with E-state index in [9.17, 15) is 14.4 Å². The molecular formula is C20H21NO5. The lowest BCUT2D eigenvalue weighted by atomic mass is 10.0.